The number of nitrogens with one attached hydrogen (secondary N) is 1. The Morgan fingerprint density at radius 1 is 1.22 bits per heavy atom. The van der Waals surface area contributed by atoms with E-state index in [0.717, 1.165) is 15.6 Å². The van der Waals surface area contributed by atoms with Gasteiger partial charge in [-0.15, -0.1) is 13.2 Å². The summed E-state index contributed by atoms with van der Waals surface area (Å²) in [6.07, 6.45) is -3.00. The first-order chi connectivity index (χ1) is 8.48. The van der Waals surface area contributed by atoms with Crippen LogP contribution in [-0.4, -0.2) is 18.4 Å². The molecule has 1 aromatic carbocycles. The van der Waals surface area contributed by atoms with E-state index in [1.807, 2.05) is 0 Å². The maximum Gasteiger partial charge on any atom is 0.573 e. The van der Waals surface area contributed by atoms with Gasteiger partial charge in [0.15, 0.2) is 5.13 Å². The second-order valence-corrected chi connectivity index (χ2v) is 4.38. The number of anilines is 1. The van der Waals surface area contributed by atoms with Crippen molar-refractivity contribution in [2.24, 2.45) is 0 Å². The molecule has 1 N–H and O–H groups in total. The first-order valence-corrected chi connectivity index (χ1v) is 5.79. The van der Waals surface area contributed by atoms with Gasteiger partial charge >= 0.3 is 6.36 Å². The summed E-state index contributed by atoms with van der Waals surface area (Å²) in [7, 11) is 1.75. The van der Waals surface area contributed by atoms with Crippen LogP contribution in [0.3, 0.4) is 0 Å². The van der Waals surface area contributed by atoms with Crippen LogP contribution in [0.25, 0.3) is 10.4 Å². The van der Waals surface area contributed by atoms with Gasteiger partial charge in [0.2, 0.25) is 0 Å². The van der Waals surface area contributed by atoms with E-state index in [0.29, 0.717) is 0 Å². The normalized spacial score (nSPS) is 11.3. The standard InChI is InChI=1S/C11H9F3N2OS/c1-15-10-16-6-9(18-10)7-2-4-8(5-3-7)17-11(12,13)14/h2-6H,1H3,(H,15,16). The highest BCUT2D eigenvalue weighted by Crippen LogP contribution is 2.31. The van der Waals surface area contributed by atoms with Crippen molar-refractivity contribution in [3.05, 3.63) is 30.5 Å². The molecule has 0 radical (unpaired) electrons. The Kier molecular flexibility index (Phi) is 3.42. The molecule has 0 fully saturated rings. The molecule has 0 unspecified atom stereocenters. The fraction of sp³-hybridized carbons (Fsp3) is 0.182. The largest absolute Gasteiger partial charge is 0.573 e. The van der Waals surface area contributed by atoms with Crippen molar-refractivity contribution in [2.75, 3.05) is 12.4 Å². The zero-order chi connectivity index (χ0) is 13.2. The third-order valence-electron chi connectivity index (χ3n) is 2.09. The lowest BCUT2D eigenvalue weighted by Gasteiger charge is -2.08. The second-order valence-electron chi connectivity index (χ2n) is 3.35. The molecule has 0 atom stereocenters. The number of nitrogens with zero attached hydrogens (tertiary/aromatic N) is 1. The Morgan fingerprint density at radius 3 is 2.39 bits per heavy atom. The Labute approximate surface area is 105 Å². The molecule has 1 aromatic heterocycles. The topological polar surface area (TPSA) is 34.2 Å². The van der Waals surface area contributed by atoms with Crippen LogP contribution >= 0.6 is 11.3 Å². The number of hydrogen-bond acceptors (Lipinski definition) is 4. The molecule has 0 spiro atoms. The van der Waals surface area contributed by atoms with Crippen LogP contribution < -0.4 is 10.1 Å². The molecule has 18 heavy (non-hydrogen) atoms. The SMILES string of the molecule is CNc1ncc(-c2ccc(OC(F)(F)F)cc2)s1. The van der Waals surface area contributed by atoms with E-state index in [1.165, 1.54) is 23.5 Å². The average molecular weight is 274 g/mol. The summed E-state index contributed by atoms with van der Waals surface area (Å²) in [4.78, 5) is 4.96. The van der Waals surface area contributed by atoms with Crippen LogP contribution in [0.5, 0.6) is 5.75 Å². The third-order valence-corrected chi connectivity index (χ3v) is 3.16. The molecule has 0 aliphatic carbocycles. The van der Waals surface area contributed by atoms with Crippen molar-refractivity contribution in [1.82, 2.24) is 4.98 Å². The van der Waals surface area contributed by atoms with Crippen LogP contribution in [0, 0.1) is 0 Å². The lowest BCUT2D eigenvalue weighted by molar-refractivity contribution is -0.274. The number of alkyl halides is 3. The van der Waals surface area contributed by atoms with Crippen molar-refractivity contribution < 1.29 is 17.9 Å². The minimum absolute atomic E-state index is 0.232. The van der Waals surface area contributed by atoms with Crippen LogP contribution in [0.1, 0.15) is 0 Å². The van der Waals surface area contributed by atoms with E-state index in [9.17, 15) is 13.2 Å². The number of hydrogen-bond donors (Lipinski definition) is 1. The van der Waals surface area contributed by atoms with E-state index >= 15 is 0 Å². The Morgan fingerprint density at radius 2 is 1.89 bits per heavy atom. The smallest absolute Gasteiger partial charge is 0.406 e. The van der Waals surface area contributed by atoms with Crippen molar-refractivity contribution in [1.29, 1.82) is 0 Å². The van der Waals surface area contributed by atoms with Crippen LogP contribution in [0.2, 0.25) is 0 Å². The quantitative estimate of drug-likeness (QED) is 0.925. The summed E-state index contributed by atoms with van der Waals surface area (Å²) >= 11 is 1.42. The maximum atomic E-state index is 12.0. The van der Waals surface area contributed by atoms with Crippen LogP contribution in [0.4, 0.5) is 18.3 Å². The van der Waals surface area contributed by atoms with E-state index in [4.69, 9.17) is 0 Å². The summed E-state index contributed by atoms with van der Waals surface area (Å²) in [5, 5.41) is 3.64. The average Bonchev–Trinajstić information content (AvgIpc) is 2.76. The fourth-order valence-electron chi connectivity index (χ4n) is 1.34. The molecule has 0 aliphatic heterocycles. The highest BCUT2D eigenvalue weighted by Gasteiger charge is 2.30. The number of rotatable bonds is 3. The highest BCUT2D eigenvalue weighted by molar-refractivity contribution is 7.18. The molecule has 2 aromatic rings. The Hall–Kier alpha value is -1.76. The number of benzene rings is 1. The minimum Gasteiger partial charge on any atom is -0.406 e. The molecule has 0 saturated carbocycles. The monoisotopic (exact) mass is 274 g/mol. The molecule has 1 heterocycles. The Bertz CT molecular complexity index is 522. The second kappa shape index (κ2) is 4.85. The van der Waals surface area contributed by atoms with Crippen LogP contribution in [0.15, 0.2) is 30.5 Å². The molecule has 3 nitrogen and oxygen atoms in total. The number of ether oxygens (including phenoxy) is 1. The van der Waals surface area contributed by atoms with Gasteiger partial charge in [0.25, 0.3) is 0 Å². The van der Waals surface area contributed by atoms with Gasteiger partial charge in [-0.2, -0.15) is 0 Å². The maximum absolute atomic E-state index is 12.0. The number of aromatic nitrogens is 1. The number of thiazole rings is 1. The molecule has 96 valence electrons. The molecule has 0 saturated heterocycles. The molecule has 0 amide bonds. The first kappa shape index (κ1) is 12.7. The van der Waals surface area contributed by atoms with Gasteiger partial charge in [-0.25, -0.2) is 4.98 Å². The summed E-state index contributed by atoms with van der Waals surface area (Å²) in [6.45, 7) is 0. The lowest BCUT2D eigenvalue weighted by Crippen LogP contribution is -2.16. The first-order valence-electron chi connectivity index (χ1n) is 4.98. The predicted molar refractivity (Wildman–Crippen MR) is 63.8 cm³/mol. The summed E-state index contributed by atoms with van der Waals surface area (Å²) in [5.74, 6) is -0.232. The third kappa shape index (κ3) is 3.13. The minimum atomic E-state index is -4.66. The van der Waals surface area contributed by atoms with Gasteiger partial charge in [-0.05, 0) is 29.8 Å². The summed E-state index contributed by atoms with van der Waals surface area (Å²) < 4.78 is 39.7. The molecule has 2 rings (SSSR count). The van der Waals surface area contributed by atoms with Gasteiger partial charge < -0.3 is 10.1 Å². The van der Waals surface area contributed by atoms with Gasteiger partial charge in [0.05, 0.1) is 4.88 Å². The predicted octanol–water partition coefficient (Wildman–Crippen LogP) is 3.75. The summed E-state index contributed by atoms with van der Waals surface area (Å²) in [5.41, 5.74) is 0.795. The lowest BCUT2D eigenvalue weighted by atomic mass is 10.2. The van der Waals surface area contributed by atoms with E-state index in [-0.39, 0.29) is 5.75 Å². The van der Waals surface area contributed by atoms with Crippen LogP contribution in [-0.2, 0) is 0 Å². The molecular formula is C11H9F3N2OS. The zero-order valence-electron chi connectivity index (χ0n) is 9.28. The number of halogens is 3. The fourth-order valence-corrected chi connectivity index (χ4v) is 2.12. The van der Waals surface area contributed by atoms with E-state index < -0.39 is 6.36 Å². The van der Waals surface area contributed by atoms with Crippen molar-refractivity contribution >= 4 is 16.5 Å². The van der Waals surface area contributed by atoms with E-state index in [2.05, 4.69) is 15.0 Å². The van der Waals surface area contributed by atoms with Gasteiger partial charge in [0.1, 0.15) is 5.75 Å². The van der Waals surface area contributed by atoms with Gasteiger partial charge in [-0.3, -0.25) is 0 Å². The Balaban J connectivity index is 2.17. The van der Waals surface area contributed by atoms with Gasteiger partial charge in [0, 0.05) is 13.2 Å². The van der Waals surface area contributed by atoms with Crippen molar-refractivity contribution in [3.63, 3.8) is 0 Å². The van der Waals surface area contributed by atoms with Gasteiger partial charge in [-0.1, -0.05) is 11.3 Å². The van der Waals surface area contributed by atoms with Crippen molar-refractivity contribution in [2.45, 2.75) is 6.36 Å². The highest BCUT2D eigenvalue weighted by atomic mass is 32.1. The van der Waals surface area contributed by atoms with E-state index in [1.54, 1.807) is 25.4 Å². The molecule has 0 bridgehead atoms. The zero-order valence-corrected chi connectivity index (χ0v) is 10.1. The molecular weight excluding hydrogens is 265 g/mol. The molecule has 7 heteroatoms. The molecule has 0 aliphatic rings. The summed E-state index contributed by atoms with van der Waals surface area (Å²) in [6, 6.07) is 5.69. The van der Waals surface area contributed by atoms with Crippen molar-refractivity contribution in [3.8, 4) is 16.2 Å².